The Kier molecular flexibility index (Phi) is 3.00. The summed E-state index contributed by atoms with van der Waals surface area (Å²) < 4.78 is 0. The topological polar surface area (TPSA) is 34.1 Å². The number of hydrogen-bond acceptors (Lipinski definition) is 2. The Balaban J connectivity index is 2.06. The maximum atomic E-state index is 12.5. The van der Waals surface area contributed by atoms with Gasteiger partial charge in [0.15, 0.2) is 5.78 Å². The largest absolute Gasteiger partial charge is 0.303 e. The summed E-state index contributed by atoms with van der Waals surface area (Å²) in [5, 5.41) is 0. The molecule has 0 heterocycles. The van der Waals surface area contributed by atoms with E-state index in [-0.39, 0.29) is 11.7 Å². The van der Waals surface area contributed by atoms with Crippen molar-refractivity contribution in [3.8, 4) is 0 Å². The molecule has 0 spiro atoms. The van der Waals surface area contributed by atoms with E-state index < -0.39 is 0 Å². The highest BCUT2D eigenvalue weighted by Gasteiger charge is 2.26. The van der Waals surface area contributed by atoms with Crippen molar-refractivity contribution in [1.29, 1.82) is 0 Å². The van der Waals surface area contributed by atoms with Crippen molar-refractivity contribution in [1.82, 2.24) is 0 Å². The molecule has 0 amide bonds. The van der Waals surface area contributed by atoms with Gasteiger partial charge in [0.1, 0.15) is 6.29 Å². The maximum absolute atomic E-state index is 12.5. The minimum absolute atomic E-state index is 0.0430. The lowest BCUT2D eigenvalue weighted by Gasteiger charge is -2.08. The summed E-state index contributed by atoms with van der Waals surface area (Å²) in [5.74, 6) is 0.00234. The maximum Gasteiger partial charge on any atom is 0.193 e. The van der Waals surface area contributed by atoms with E-state index in [9.17, 15) is 9.59 Å². The van der Waals surface area contributed by atoms with Gasteiger partial charge in [0.25, 0.3) is 0 Å². The zero-order chi connectivity index (χ0) is 13.2. The van der Waals surface area contributed by atoms with Gasteiger partial charge in [0.2, 0.25) is 0 Å². The standard InChI is InChI=1S/C17H14O2/c18-11-13-9-10-15-14(13)7-4-8-16(15)17(19)12-5-2-1-3-6-12/h1-8,11,13H,9-10H2. The van der Waals surface area contributed by atoms with Gasteiger partial charge >= 0.3 is 0 Å². The van der Waals surface area contributed by atoms with Crippen molar-refractivity contribution >= 4 is 12.1 Å². The van der Waals surface area contributed by atoms with Crippen LogP contribution < -0.4 is 0 Å². The molecule has 0 aliphatic heterocycles. The lowest BCUT2D eigenvalue weighted by Crippen LogP contribution is -2.05. The summed E-state index contributed by atoms with van der Waals surface area (Å²) in [6.45, 7) is 0. The van der Waals surface area contributed by atoms with Crippen LogP contribution in [0.1, 0.15) is 39.4 Å². The van der Waals surface area contributed by atoms with E-state index in [1.807, 2.05) is 48.5 Å². The zero-order valence-electron chi connectivity index (χ0n) is 10.5. The SMILES string of the molecule is O=CC1CCc2c(C(=O)c3ccccc3)cccc21. The quantitative estimate of drug-likeness (QED) is 0.619. The lowest BCUT2D eigenvalue weighted by molar-refractivity contribution is -0.109. The lowest BCUT2D eigenvalue weighted by atomic mass is 9.94. The Morgan fingerprint density at radius 3 is 2.58 bits per heavy atom. The van der Waals surface area contributed by atoms with Crippen LogP contribution in [-0.2, 0) is 11.2 Å². The Morgan fingerprint density at radius 2 is 1.84 bits per heavy atom. The van der Waals surface area contributed by atoms with Gasteiger partial charge in [-0.2, -0.15) is 0 Å². The van der Waals surface area contributed by atoms with E-state index in [2.05, 4.69) is 0 Å². The average molecular weight is 250 g/mol. The van der Waals surface area contributed by atoms with Crippen LogP contribution in [0, 0.1) is 0 Å². The van der Waals surface area contributed by atoms with Crippen molar-refractivity contribution in [3.05, 3.63) is 70.8 Å². The third-order valence-corrected chi connectivity index (χ3v) is 3.76. The normalized spacial score (nSPS) is 16.9. The monoisotopic (exact) mass is 250 g/mol. The van der Waals surface area contributed by atoms with Gasteiger partial charge in [-0.1, -0.05) is 48.5 Å². The van der Waals surface area contributed by atoms with Crippen LogP contribution in [0.3, 0.4) is 0 Å². The molecule has 2 heteroatoms. The summed E-state index contributed by atoms with van der Waals surface area (Å²) in [6.07, 6.45) is 2.62. The second-order valence-electron chi connectivity index (χ2n) is 4.85. The molecule has 1 unspecified atom stereocenters. The van der Waals surface area contributed by atoms with Gasteiger partial charge in [0, 0.05) is 17.0 Å². The first-order chi connectivity index (χ1) is 9.31. The Labute approximate surface area is 112 Å². The van der Waals surface area contributed by atoms with Crippen molar-refractivity contribution in [2.45, 2.75) is 18.8 Å². The molecule has 0 N–H and O–H groups in total. The van der Waals surface area contributed by atoms with Crippen molar-refractivity contribution in [2.24, 2.45) is 0 Å². The molecule has 2 nitrogen and oxygen atoms in total. The first kappa shape index (κ1) is 11.8. The van der Waals surface area contributed by atoms with Gasteiger partial charge in [-0.15, -0.1) is 0 Å². The van der Waals surface area contributed by atoms with Gasteiger partial charge in [-0.25, -0.2) is 0 Å². The fraction of sp³-hybridized carbons (Fsp3) is 0.176. The number of benzene rings is 2. The molecule has 0 saturated carbocycles. The molecule has 0 aromatic heterocycles. The van der Waals surface area contributed by atoms with Crippen molar-refractivity contribution in [3.63, 3.8) is 0 Å². The fourth-order valence-electron chi connectivity index (χ4n) is 2.79. The Hall–Kier alpha value is -2.22. The molecule has 0 fully saturated rings. The summed E-state index contributed by atoms with van der Waals surface area (Å²) in [5.41, 5.74) is 3.52. The van der Waals surface area contributed by atoms with E-state index >= 15 is 0 Å². The van der Waals surface area contributed by atoms with E-state index in [0.717, 1.165) is 35.8 Å². The predicted molar refractivity (Wildman–Crippen MR) is 73.4 cm³/mol. The van der Waals surface area contributed by atoms with E-state index in [0.29, 0.717) is 5.56 Å². The Morgan fingerprint density at radius 1 is 1.05 bits per heavy atom. The van der Waals surface area contributed by atoms with Gasteiger partial charge < -0.3 is 4.79 Å². The van der Waals surface area contributed by atoms with E-state index in [1.165, 1.54) is 0 Å². The van der Waals surface area contributed by atoms with Gasteiger partial charge in [-0.05, 0) is 24.0 Å². The van der Waals surface area contributed by atoms with Crippen LogP contribution in [-0.4, -0.2) is 12.1 Å². The molecule has 1 atom stereocenters. The van der Waals surface area contributed by atoms with Crippen LogP contribution in [0.2, 0.25) is 0 Å². The molecule has 1 aliphatic carbocycles. The highest BCUT2D eigenvalue weighted by molar-refractivity contribution is 6.10. The smallest absolute Gasteiger partial charge is 0.193 e. The molecular formula is C17H14O2. The van der Waals surface area contributed by atoms with Crippen molar-refractivity contribution in [2.75, 3.05) is 0 Å². The van der Waals surface area contributed by atoms with Gasteiger partial charge in [0.05, 0.1) is 0 Å². The highest BCUT2D eigenvalue weighted by atomic mass is 16.1. The number of fused-ring (bicyclic) bond motifs is 1. The zero-order valence-corrected chi connectivity index (χ0v) is 10.5. The molecule has 3 rings (SSSR count). The van der Waals surface area contributed by atoms with Crippen LogP contribution >= 0.6 is 0 Å². The molecule has 2 aromatic rings. The second-order valence-corrected chi connectivity index (χ2v) is 4.85. The minimum Gasteiger partial charge on any atom is -0.303 e. The number of hydrogen-bond donors (Lipinski definition) is 0. The van der Waals surface area contributed by atoms with Crippen LogP contribution in [0.25, 0.3) is 0 Å². The molecule has 19 heavy (non-hydrogen) atoms. The number of rotatable bonds is 3. The highest BCUT2D eigenvalue weighted by Crippen LogP contribution is 2.34. The van der Waals surface area contributed by atoms with E-state index in [1.54, 1.807) is 0 Å². The molecule has 0 radical (unpaired) electrons. The molecule has 0 bridgehead atoms. The first-order valence-electron chi connectivity index (χ1n) is 6.48. The van der Waals surface area contributed by atoms with Gasteiger partial charge in [-0.3, -0.25) is 4.79 Å². The second kappa shape index (κ2) is 4.81. The number of aldehydes is 1. The average Bonchev–Trinajstić information content (AvgIpc) is 2.90. The van der Waals surface area contributed by atoms with E-state index in [4.69, 9.17) is 0 Å². The molecular weight excluding hydrogens is 236 g/mol. The summed E-state index contributed by atoms with van der Waals surface area (Å²) in [6, 6.07) is 15.0. The fourth-order valence-corrected chi connectivity index (χ4v) is 2.79. The third-order valence-electron chi connectivity index (χ3n) is 3.76. The predicted octanol–water partition coefficient (Wildman–Crippen LogP) is 3.15. The summed E-state index contributed by atoms with van der Waals surface area (Å²) in [7, 11) is 0. The Bertz CT molecular complexity index is 629. The molecule has 1 aliphatic rings. The summed E-state index contributed by atoms with van der Waals surface area (Å²) in [4.78, 5) is 23.5. The molecule has 94 valence electrons. The van der Waals surface area contributed by atoms with Crippen molar-refractivity contribution < 1.29 is 9.59 Å². The molecule has 0 saturated heterocycles. The minimum atomic E-state index is -0.0430. The van der Waals surface area contributed by atoms with Crippen LogP contribution in [0.15, 0.2) is 48.5 Å². The van der Waals surface area contributed by atoms with Crippen LogP contribution in [0.5, 0.6) is 0 Å². The van der Waals surface area contributed by atoms with Crippen LogP contribution in [0.4, 0.5) is 0 Å². The number of carbonyl (C=O) groups is 2. The summed E-state index contributed by atoms with van der Waals surface area (Å²) >= 11 is 0. The molecule has 2 aromatic carbocycles. The first-order valence-corrected chi connectivity index (χ1v) is 6.48. The number of carbonyl (C=O) groups excluding carboxylic acids is 2. The number of ketones is 1. The third kappa shape index (κ3) is 1.99.